The molecule has 0 aliphatic carbocycles. The number of hydrogen-bond acceptors (Lipinski definition) is 6. The topological polar surface area (TPSA) is 93.9 Å². The van der Waals surface area contributed by atoms with E-state index < -0.39 is 5.97 Å². The van der Waals surface area contributed by atoms with Crippen molar-refractivity contribution in [2.24, 2.45) is 16.5 Å². The van der Waals surface area contributed by atoms with Crippen molar-refractivity contribution in [2.75, 3.05) is 39.8 Å². The number of aliphatic imine (C=N–C) groups is 1. The third-order valence-corrected chi connectivity index (χ3v) is 2.97. The average molecular weight is 268 g/mol. The highest BCUT2D eigenvalue weighted by Crippen LogP contribution is 2.15. The molecule has 0 amide bonds. The molecule has 1 heterocycles. The van der Waals surface area contributed by atoms with Crippen molar-refractivity contribution in [3.63, 3.8) is 0 Å². The minimum atomic E-state index is -0.396. The predicted molar refractivity (Wildman–Crippen MR) is 75.9 cm³/mol. The SMILES string of the molecule is CCOC(=O)C(=NCCCN)C1=C(N)CCN(C)C1. The second kappa shape index (κ2) is 7.91. The van der Waals surface area contributed by atoms with E-state index in [4.69, 9.17) is 16.2 Å². The van der Waals surface area contributed by atoms with Gasteiger partial charge in [-0.25, -0.2) is 4.79 Å². The van der Waals surface area contributed by atoms with Crippen LogP contribution in [-0.4, -0.2) is 56.4 Å². The summed E-state index contributed by atoms with van der Waals surface area (Å²) in [5, 5.41) is 0. The molecule has 0 unspecified atom stereocenters. The van der Waals surface area contributed by atoms with Gasteiger partial charge in [-0.2, -0.15) is 0 Å². The van der Waals surface area contributed by atoms with E-state index in [9.17, 15) is 4.79 Å². The summed E-state index contributed by atoms with van der Waals surface area (Å²) in [4.78, 5) is 18.4. The van der Waals surface area contributed by atoms with Crippen molar-refractivity contribution in [2.45, 2.75) is 19.8 Å². The monoisotopic (exact) mass is 268 g/mol. The van der Waals surface area contributed by atoms with E-state index in [0.29, 0.717) is 32.0 Å². The fourth-order valence-corrected chi connectivity index (χ4v) is 1.90. The second-order valence-corrected chi connectivity index (χ2v) is 4.58. The molecular weight excluding hydrogens is 244 g/mol. The summed E-state index contributed by atoms with van der Waals surface area (Å²) in [6.45, 7) is 4.71. The van der Waals surface area contributed by atoms with E-state index in [1.165, 1.54) is 0 Å². The van der Waals surface area contributed by atoms with Gasteiger partial charge in [0.25, 0.3) is 0 Å². The first-order valence-corrected chi connectivity index (χ1v) is 6.68. The molecule has 6 heteroatoms. The first-order valence-electron chi connectivity index (χ1n) is 6.68. The standard InChI is InChI=1S/C13H24N4O2/c1-3-19-13(18)12(16-7-4-6-14)10-9-17(2)8-5-11(10)15/h3-9,14-15H2,1-2H3. The summed E-state index contributed by atoms with van der Waals surface area (Å²) >= 11 is 0. The van der Waals surface area contributed by atoms with Gasteiger partial charge in [-0.3, -0.25) is 4.99 Å². The molecule has 1 aliphatic rings. The van der Waals surface area contributed by atoms with Crippen molar-refractivity contribution in [1.29, 1.82) is 0 Å². The van der Waals surface area contributed by atoms with Crippen molar-refractivity contribution in [3.8, 4) is 0 Å². The largest absolute Gasteiger partial charge is 0.461 e. The van der Waals surface area contributed by atoms with Crippen LogP contribution in [0.15, 0.2) is 16.3 Å². The van der Waals surface area contributed by atoms with Gasteiger partial charge < -0.3 is 21.1 Å². The van der Waals surface area contributed by atoms with Crippen LogP contribution in [0.1, 0.15) is 19.8 Å². The number of rotatable bonds is 6. The molecule has 0 saturated heterocycles. The zero-order chi connectivity index (χ0) is 14.3. The Labute approximate surface area is 114 Å². The smallest absolute Gasteiger partial charge is 0.356 e. The number of ether oxygens (including phenoxy) is 1. The lowest BCUT2D eigenvalue weighted by Crippen LogP contribution is -2.36. The zero-order valence-corrected chi connectivity index (χ0v) is 11.8. The molecule has 19 heavy (non-hydrogen) atoms. The molecule has 1 rings (SSSR count). The molecule has 0 radical (unpaired) electrons. The van der Waals surface area contributed by atoms with Gasteiger partial charge in [0.2, 0.25) is 0 Å². The average Bonchev–Trinajstić information content (AvgIpc) is 2.38. The van der Waals surface area contributed by atoms with Gasteiger partial charge in [-0.15, -0.1) is 0 Å². The molecule has 6 nitrogen and oxygen atoms in total. The second-order valence-electron chi connectivity index (χ2n) is 4.58. The Bertz CT molecular complexity index is 377. The van der Waals surface area contributed by atoms with Crippen molar-refractivity contribution in [1.82, 2.24) is 4.90 Å². The Morgan fingerprint density at radius 2 is 2.26 bits per heavy atom. The van der Waals surface area contributed by atoms with E-state index in [1.54, 1.807) is 6.92 Å². The predicted octanol–water partition coefficient (Wildman–Crippen LogP) is -0.112. The summed E-state index contributed by atoms with van der Waals surface area (Å²) in [6.07, 6.45) is 1.49. The fraction of sp³-hybridized carbons (Fsp3) is 0.692. The zero-order valence-electron chi connectivity index (χ0n) is 11.8. The van der Waals surface area contributed by atoms with Gasteiger partial charge in [0.15, 0.2) is 0 Å². The van der Waals surface area contributed by atoms with E-state index in [0.717, 1.165) is 30.7 Å². The Kier molecular flexibility index (Phi) is 6.52. The maximum atomic E-state index is 12.0. The molecule has 0 aromatic rings. The highest BCUT2D eigenvalue weighted by molar-refractivity contribution is 6.43. The normalized spacial score (nSPS) is 17.7. The Balaban J connectivity index is 2.94. The van der Waals surface area contributed by atoms with Gasteiger partial charge in [-0.1, -0.05) is 0 Å². The number of esters is 1. The molecule has 0 aromatic carbocycles. The minimum Gasteiger partial charge on any atom is -0.461 e. The van der Waals surface area contributed by atoms with Crippen LogP contribution in [0, 0.1) is 0 Å². The quantitative estimate of drug-likeness (QED) is 0.398. The third-order valence-electron chi connectivity index (χ3n) is 2.97. The van der Waals surface area contributed by atoms with Crippen molar-refractivity contribution >= 4 is 11.7 Å². The maximum Gasteiger partial charge on any atom is 0.356 e. The Morgan fingerprint density at radius 3 is 2.89 bits per heavy atom. The van der Waals surface area contributed by atoms with Crippen LogP contribution in [0.3, 0.4) is 0 Å². The van der Waals surface area contributed by atoms with E-state index in [1.807, 2.05) is 7.05 Å². The van der Waals surface area contributed by atoms with Gasteiger partial charge in [-0.05, 0) is 26.9 Å². The first-order chi connectivity index (χ1) is 9.10. The third kappa shape index (κ3) is 4.65. The summed E-state index contributed by atoms with van der Waals surface area (Å²) in [5.41, 5.74) is 13.4. The number of likely N-dealkylation sites (N-methyl/N-ethyl adjacent to an activating group) is 1. The number of nitrogens with two attached hydrogens (primary N) is 2. The first kappa shape index (κ1) is 15.7. The number of hydrogen-bond donors (Lipinski definition) is 2. The maximum absolute atomic E-state index is 12.0. The molecule has 108 valence electrons. The van der Waals surface area contributed by atoms with E-state index >= 15 is 0 Å². The molecule has 0 fully saturated rings. The summed E-state index contributed by atoms with van der Waals surface area (Å²) < 4.78 is 5.06. The van der Waals surface area contributed by atoms with Crippen molar-refractivity contribution in [3.05, 3.63) is 11.3 Å². The fourth-order valence-electron chi connectivity index (χ4n) is 1.90. The number of nitrogens with zero attached hydrogens (tertiary/aromatic N) is 2. The van der Waals surface area contributed by atoms with Crippen LogP contribution in [0.5, 0.6) is 0 Å². The molecule has 0 bridgehead atoms. The molecule has 1 aliphatic heterocycles. The van der Waals surface area contributed by atoms with Gasteiger partial charge in [0, 0.05) is 37.3 Å². The van der Waals surface area contributed by atoms with Gasteiger partial charge >= 0.3 is 5.97 Å². The Morgan fingerprint density at radius 1 is 1.53 bits per heavy atom. The van der Waals surface area contributed by atoms with Gasteiger partial charge in [0.05, 0.1) is 6.61 Å². The van der Waals surface area contributed by atoms with Crippen molar-refractivity contribution < 1.29 is 9.53 Å². The number of carbonyl (C=O) groups excluding carboxylic acids is 1. The molecule has 0 saturated carbocycles. The molecule has 4 N–H and O–H groups in total. The summed E-state index contributed by atoms with van der Waals surface area (Å²) in [7, 11) is 2.00. The summed E-state index contributed by atoms with van der Waals surface area (Å²) in [6, 6.07) is 0. The van der Waals surface area contributed by atoms with Crippen LogP contribution >= 0.6 is 0 Å². The molecule has 0 atom stereocenters. The lowest BCUT2D eigenvalue weighted by atomic mass is 10.0. The van der Waals surface area contributed by atoms with Crippen LogP contribution in [0.25, 0.3) is 0 Å². The van der Waals surface area contributed by atoms with Crippen LogP contribution in [0.2, 0.25) is 0 Å². The van der Waals surface area contributed by atoms with Crippen LogP contribution < -0.4 is 11.5 Å². The highest BCUT2D eigenvalue weighted by atomic mass is 16.5. The molecule has 0 spiro atoms. The minimum absolute atomic E-state index is 0.331. The van der Waals surface area contributed by atoms with Crippen LogP contribution in [0.4, 0.5) is 0 Å². The number of carbonyl (C=O) groups is 1. The van der Waals surface area contributed by atoms with Gasteiger partial charge in [0.1, 0.15) is 5.71 Å². The van der Waals surface area contributed by atoms with E-state index in [-0.39, 0.29) is 0 Å². The lowest BCUT2D eigenvalue weighted by Gasteiger charge is -2.26. The lowest BCUT2D eigenvalue weighted by molar-refractivity contribution is -0.135. The molecular formula is C13H24N4O2. The summed E-state index contributed by atoms with van der Waals surface area (Å²) in [5.74, 6) is -0.396. The van der Waals surface area contributed by atoms with E-state index in [2.05, 4.69) is 9.89 Å². The van der Waals surface area contributed by atoms with Crippen LogP contribution in [-0.2, 0) is 9.53 Å². The highest BCUT2D eigenvalue weighted by Gasteiger charge is 2.24. The molecule has 0 aromatic heterocycles. The Hall–Kier alpha value is -1.40.